The number of benzene rings is 1. The fourth-order valence-corrected chi connectivity index (χ4v) is 1.83. The van der Waals surface area contributed by atoms with E-state index in [1.54, 1.807) is 0 Å². The number of nitrogens with zero attached hydrogens (tertiary/aromatic N) is 1. The third-order valence-electron chi connectivity index (χ3n) is 2.55. The molecule has 3 nitrogen and oxygen atoms in total. The molecule has 0 unspecified atom stereocenters. The van der Waals surface area contributed by atoms with Gasteiger partial charge in [0.1, 0.15) is 12.5 Å². The van der Waals surface area contributed by atoms with Crippen LogP contribution in [0, 0.1) is 0 Å². The molecule has 0 atom stereocenters. The third-order valence-corrected chi connectivity index (χ3v) is 2.55. The van der Waals surface area contributed by atoms with Crippen LogP contribution < -0.4 is 4.74 Å². The smallest absolute Gasteiger partial charge is 0.122 e. The van der Waals surface area contributed by atoms with Crippen LogP contribution >= 0.6 is 0 Å². The molecule has 0 fully saturated rings. The summed E-state index contributed by atoms with van der Waals surface area (Å²) < 4.78 is 13.2. The van der Waals surface area contributed by atoms with E-state index in [1.165, 1.54) is 10.9 Å². The van der Waals surface area contributed by atoms with Crippen molar-refractivity contribution in [1.82, 2.24) is 4.57 Å². The molecule has 1 aromatic heterocycles. The van der Waals surface area contributed by atoms with E-state index in [9.17, 15) is 0 Å². The van der Waals surface area contributed by atoms with Gasteiger partial charge in [0.25, 0.3) is 0 Å². The molecule has 17 heavy (non-hydrogen) atoms. The highest BCUT2D eigenvalue weighted by atomic mass is 16.5. The molecule has 1 heterocycles. The molecule has 0 bridgehead atoms. The fraction of sp³-hybridized carbons (Fsp3) is 0.429. The number of ether oxygens (including phenoxy) is 2. The first kappa shape index (κ1) is 12.0. The summed E-state index contributed by atoms with van der Waals surface area (Å²) >= 11 is 0. The highest BCUT2D eigenvalue weighted by Crippen LogP contribution is 2.22. The van der Waals surface area contributed by atoms with Crippen LogP contribution in [0.5, 0.6) is 5.75 Å². The number of aromatic nitrogens is 1. The maximum absolute atomic E-state index is 5.67. The normalized spacial score (nSPS) is 11.3. The maximum atomic E-state index is 5.67. The monoisotopic (exact) mass is 233 g/mol. The molecular weight excluding hydrogens is 214 g/mol. The molecule has 0 saturated heterocycles. The van der Waals surface area contributed by atoms with Crippen molar-refractivity contribution < 1.29 is 9.47 Å². The van der Waals surface area contributed by atoms with Crippen LogP contribution in [0.4, 0.5) is 0 Å². The summed E-state index contributed by atoms with van der Waals surface area (Å²) in [4.78, 5) is 0. The van der Waals surface area contributed by atoms with Gasteiger partial charge in [0.05, 0.1) is 11.6 Å². The first-order valence-electron chi connectivity index (χ1n) is 6.04. The minimum absolute atomic E-state index is 0.206. The van der Waals surface area contributed by atoms with Crippen LogP contribution in [0.2, 0.25) is 0 Å². The van der Waals surface area contributed by atoms with Crippen molar-refractivity contribution in [1.29, 1.82) is 0 Å². The second-order valence-electron chi connectivity index (χ2n) is 4.29. The predicted molar refractivity (Wildman–Crippen MR) is 69.3 cm³/mol. The first-order chi connectivity index (χ1) is 8.20. The van der Waals surface area contributed by atoms with Crippen molar-refractivity contribution in [3.05, 3.63) is 30.5 Å². The van der Waals surface area contributed by atoms with Gasteiger partial charge >= 0.3 is 0 Å². The van der Waals surface area contributed by atoms with E-state index in [2.05, 4.69) is 22.8 Å². The number of rotatable bonds is 5. The zero-order valence-electron chi connectivity index (χ0n) is 10.6. The SMILES string of the molecule is CCOCn1ccc2cc(OC(C)C)ccc21. The van der Waals surface area contributed by atoms with Gasteiger partial charge in [-0.1, -0.05) is 0 Å². The van der Waals surface area contributed by atoms with Gasteiger partial charge in [0.2, 0.25) is 0 Å². The van der Waals surface area contributed by atoms with Gasteiger partial charge in [-0.15, -0.1) is 0 Å². The number of fused-ring (bicyclic) bond motifs is 1. The standard InChI is InChI=1S/C14H19NO2/c1-4-16-10-15-8-7-12-9-13(17-11(2)3)5-6-14(12)15/h5-9,11H,4,10H2,1-3H3. The van der Waals surface area contributed by atoms with Gasteiger partial charge in [-0.05, 0) is 45.0 Å². The minimum Gasteiger partial charge on any atom is -0.491 e. The third kappa shape index (κ3) is 2.80. The van der Waals surface area contributed by atoms with Crippen LogP contribution in [0.15, 0.2) is 30.5 Å². The predicted octanol–water partition coefficient (Wildman–Crippen LogP) is 3.42. The zero-order chi connectivity index (χ0) is 12.3. The average Bonchev–Trinajstić information content (AvgIpc) is 2.68. The molecule has 2 rings (SSSR count). The quantitative estimate of drug-likeness (QED) is 0.790. The molecular formula is C14H19NO2. The highest BCUT2D eigenvalue weighted by Gasteiger charge is 2.03. The topological polar surface area (TPSA) is 23.4 Å². The summed E-state index contributed by atoms with van der Waals surface area (Å²) in [5, 5.41) is 1.18. The van der Waals surface area contributed by atoms with Crippen molar-refractivity contribution >= 4 is 10.9 Å². The molecule has 1 aromatic carbocycles. The lowest BCUT2D eigenvalue weighted by atomic mass is 10.2. The Kier molecular flexibility index (Phi) is 3.69. The lowest BCUT2D eigenvalue weighted by Crippen LogP contribution is -2.05. The lowest BCUT2D eigenvalue weighted by Gasteiger charge is -2.10. The molecule has 2 aromatic rings. The van der Waals surface area contributed by atoms with Crippen molar-refractivity contribution in [3.63, 3.8) is 0 Å². The van der Waals surface area contributed by atoms with Crippen LogP contribution in [-0.2, 0) is 11.5 Å². The van der Waals surface area contributed by atoms with E-state index in [-0.39, 0.29) is 6.10 Å². The van der Waals surface area contributed by atoms with Crippen molar-refractivity contribution in [2.75, 3.05) is 6.61 Å². The van der Waals surface area contributed by atoms with E-state index in [4.69, 9.17) is 9.47 Å². The summed E-state index contributed by atoms with van der Waals surface area (Å²) in [6.07, 6.45) is 2.25. The summed E-state index contributed by atoms with van der Waals surface area (Å²) in [6.45, 7) is 7.40. The molecule has 0 aliphatic heterocycles. The van der Waals surface area contributed by atoms with Crippen molar-refractivity contribution in [3.8, 4) is 5.75 Å². The summed E-state index contributed by atoms with van der Waals surface area (Å²) in [7, 11) is 0. The second-order valence-corrected chi connectivity index (χ2v) is 4.29. The van der Waals surface area contributed by atoms with Crippen molar-refractivity contribution in [2.24, 2.45) is 0 Å². The van der Waals surface area contributed by atoms with Gasteiger partial charge < -0.3 is 14.0 Å². The molecule has 3 heteroatoms. The Bertz CT molecular complexity index is 488. The summed E-state index contributed by atoms with van der Waals surface area (Å²) in [5.41, 5.74) is 1.18. The van der Waals surface area contributed by atoms with Gasteiger partial charge in [-0.25, -0.2) is 0 Å². The Morgan fingerprint density at radius 1 is 1.24 bits per heavy atom. The van der Waals surface area contributed by atoms with Gasteiger partial charge in [-0.3, -0.25) is 0 Å². The van der Waals surface area contributed by atoms with Crippen molar-refractivity contribution in [2.45, 2.75) is 33.6 Å². The molecule has 0 aliphatic rings. The van der Waals surface area contributed by atoms with E-state index in [0.717, 1.165) is 12.4 Å². The number of hydrogen-bond donors (Lipinski definition) is 0. The molecule has 0 radical (unpaired) electrons. The van der Waals surface area contributed by atoms with Crippen LogP contribution in [0.3, 0.4) is 0 Å². The van der Waals surface area contributed by atoms with E-state index >= 15 is 0 Å². The fourth-order valence-electron chi connectivity index (χ4n) is 1.83. The Balaban J connectivity index is 2.25. The molecule has 0 N–H and O–H groups in total. The van der Waals surface area contributed by atoms with Crippen LogP contribution in [0.1, 0.15) is 20.8 Å². The Morgan fingerprint density at radius 2 is 2.06 bits per heavy atom. The van der Waals surface area contributed by atoms with E-state index in [1.807, 2.05) is 33.0 Å². The Labute approximate surface area is 102 Å². The summed E-state index contributed by atoms with van der Waals surface area (Å²) in [6, 6.07) is 8.23. The van der Waals surface area contributed by atoms with Gasteiger partial charge in [0.15, 0.2) is 0 Å². The lowest BCUT2D eigenvalue weighted by molar-refractivity contribution is 0.0909. The largest absolute Gasteiger partial charge is 0.491 e. The average molecular weight is 233 g/mol. The van der Waals surface area contributed by atoms with Crippen LogP contribution in [-0.4, -0.2) is 17.3 Å². The molecule has 0 amide bonds. The molecule has 0 saturated carbocycles. The highest BCUT2D eigenvalue weighted by molar-refractivity contribution is 5.81. The molecule has 0 spiro atoms. The molecule has 0 aliphatic carbocycles. The van der Waals surface area contributed by atoms with Gasteiger partial charge in [0, 0.05) is 18.2 Å². The molecule has 92 valence electrons. The van der Waals surface area contributed by atoms with Crippen LogP contribution in [0.25, 0.3) is 10.9 Å². The van der Waals surface area contributed by atoms with Gasteiger partial charge in [-0.2, -0.15) is 0 Å². The van der Waals surface area contributed by atoms with E-state index in [0.29, 0.717) is 6.73 Å². The Hall–Kier alpha value is -1.48. The first-order valence-corrected chi connectivity index (χ1v) is 6.04. The van der Waals surface area contributed by atoms with E-state index < -0.39 is 0 Å². The minimum atomic E-state index is 0.206. The number of hydrogen-bond acceptors (Lipinski definition) is 2. The Morgan fingerprint density at radius 3 is 2.76 bits per heavy atom. The zero-order valence-corrected chi connectivity index (χ0v) is 10.6. The second kappa shape index (κ2) is 5.23. The summed E-state index contributed by atoms with van der Waals surface area (Å²) in [5.74, 6) is 0.918. The maximum Gasteiger partial charge on any atom is 0.122 e.